The minimum absolute atomic E-state index is 0.173. The summed E-state index contributed by atoms with van der Waals surface area (Å²) in [4.78, 5) is 29.7. The summed E-state index contributed by atoms with van der Waals surface area (Å²) in [6.07, 6.45) is 2.36. The highest BCUT2D eigenvalue weighted by molar-refractivity contribution is 7.15. The molecule has 3 N–H and O–H groups in total. The van der Waals surface area contributed by atoms with Gasteiger partial charge < -0.3 is 15.4 Å². The van der Waals surface area contributed by atoms with Crippen LogP contribution in [0, 0.1) is 13.8 Å². The first-order chi connectivity index (χ1) is 14.2. The molecule has 0 unspecified atom stereocenters. The number of unbranched alkanes of at least 4 members (excludes halogenated alkanes) is 2. The lowest BCUT2D eigenvalue weighted by Crippen LogP contribution is -2.33. The molecule has 0 saturated carbocycles. The molecule has 0 aliphatic carbocycles. The fraction of sp³-hybridized carbons (Fsp3) is 0.500. The quantitative estimate of drug-likeness (QED) is 0.478. The summed E-state index contributed by atoms with van der Waals surface area (Å²) in [5.74, 6) is -0.173. The standard InChI is InChI=1S/C22H32N4O3S/c1-15-16(2)30-20(25-15)26-19(27)17-11-7-8-12-18(17)23-13-9-6-10-14-24-21(28)29-22(3,4)5/h7-8,11-12,23H,6,9-10,13-14H2,1-5H3,(H,24,28)(H,25,26,27). The van der Waals surface area contributed by atoms with Crippen LogP contribution in [0.1, 0.15) is 61.0 Å². The van der Waals surface area contributed by atoms with Crippen LogP contribution in [0.2, 0.25) is 0 Å². The summed E-state index contributed by atoms with van der Waals surface area (Å²) < 4.78 is 5.21. The average molecular weight is 433 g/mol. The van der Waals surface area contributed by atoms with Crippen molar-refractivity contribution in [2.75, 3.05) is 23.7 Å². The molecule has 0 saturated heterocycles. The zero-order valence-corrected chi connectivity index (χ0v) is 19.2. The zero-order chi connectivity index (χ0) is 22.1. The van der Waals surface area contributed by atoms with Crippen LogP contribution in [-0.2, 0) is 4.74 Å². The lowest BCUT2D eigenvalue weighted by atomic mass is 10.1. The first-order valence-electron chi connectivity index (χ1n) is 10.2. The summed E-state index contributed by atoms with van der Waals surface area (Å²) in [6, 6.07) is 7.45. The molecule has 2 aromatic rings. The van der Waals surface area contributed by atoms with Crippen molar-refractivity contribution in [2.45, 2.75) is 59.5 Å². The van der Waals surface area contributed by atoms with Gasteiger partial charge in [0.1, 0.15) is 5.60 Å². The molecule has 2 amide bonds. The molecule has 0 spiro atoms. The molecule has 30 heavy (non-hydrogen) atoms. The molecule has 0 bridgehead atoms. The van der Waals surface area contributed by atoms with Crippen molar-refractivity contribution >= 4 is 34.2 Å². The highest BCUT2D eigenvalue weighted by atomic mass is 32.1. The number of aryl methyl sites for hydroxylation is 2. The van der Waals surface area contributed by atoms with Gasteiger partial charge in [-0.15, -0.1) is 11.3 Å². The topological polar surface area (TPSA) is 92.4 Å². The van der Waals surface area contributed by atoms with Crippen LogP contribution >= 0.6 is 11.3 Å². The molecule has 7 nitrogen and oxygen atoms in total. The Hall–Kier alpha value is -2.61. The van der Waals surface area contributed by atoms with Gasteiger partial charge >= 0.3 is 6.09 Å². The predicted octanol–water partition coefficient (Wildman–Crippen LogP) is 5.12. The van der Waals surface area contributed by atoms with Gasteiger partial charge in [0.25, 0.3) is 5.91 Å². The lowest BCUT2D eigenvalue weighted by Gasteiger charge is -2.19. The summed E-state index contributed by atoms with van der Waals surface area (Å²) in [6.45, 7) is 10.8. The number of nitrogens with zero attached hydrogens (tertiary/aromatic N) is 1. The van der Waals surface area contributed by atoms with Gasteiger partial charge in [-0.3, -0.25) is 10.1 Å². The molecule has 0 radical (unpaired) electrons. The lowest BCUT2D eigenvalue weighted by molar-refractivity contribution is 0.0527. The molecule has 8 heteroatoms. The van der Waals surface area contributed by atoms with E-state index < -0.39 is 5.60 Å². The maximum absolute atomic E-state index is 12.7. The Morgan fingerprint density at radius 1 is 1.07 bits per heavy atom. The number of nitrogens with one attached hydrogen (secondary N) is 3. The summed E-state index contributed by atoms with van der Waals surface area (Å²) >= 11 is 1.47. The fourth-order valence-electron chi connectivity index (χ4n) is 2.68. The third-order valence-electron chi connectivity index (χ3n) is 4.26. The van der Waals surface area contributed by atoms with Crippen LogP contribution in [0.25, 0.3) is 0 Å². The molecule has 1 aromatic carbocycles. The molecule has 0 atom stereocenters. The third kappa shape index (κ3) is 8.02. The van der Waals surface area contributed by atoms with Crippen LogP contribution < -0.4 is 16.0 Å². The summed E-state index contributed by atoms with van der Waals surface area (Å²) in [5.41, 5.74) is 1.84. The van der Waals surface area contributed by atoms with Crippen molar-refractivity contribution in [3.05, 3.63) is 40.4 Å². The molecule has 0 aliphatic rings. The van der Waals surface area contributed by atoms with E-state index in [2.05, 4.69) is 20.9 Å². The van der Waals surface area contributed by atoms with Gasteiger partial charge in [0, 0.05) is 23.7 Å². The number of hydrogen-bond acceptors (Lipinski definition) is 6. The van der Waals surface area contributed by atoms with Crippen molar-refractivity contribution in [3.8, 4) is 0 Å². The molecule has 1 heterocycles. The number of carbonyl (C=O) groups is 2. The zero-order valence-electron chi connectivity index (χ0n) is 18.4. The molecule has 0 aliphatic heterocycles. The molecule has 1 aromatic heterocycles. The smallest absolute Gasteiger partial charge is 0.407 e. The number of para-hydroxylation sites is 1. The van der Waals surface area contributed by atoms with E-state index in [1.54, 1.807) is 6.07 Å². The van der Waals surface area contributed by atoms with E-state index in [1.807, 2.05) is 52.8 Å². The maximum Gasteiger partial charge on any atom is 0.407 e. The molecular formula is C22H32N4O3S. The number of amides is 2. The Bertz CT molecular complexity index is 839. The predicted molar refractivity (Wildman–Crippen MR) is 123 cm³/mol. The number of anilines is 2. The number of alkyl carbamates (subject to hydrolysis) is 1. The van der Waals surface area contributed by atoms with E-state index in [0.717, 1.165) is 42.1 Å². The minimum Gasteiger partial charge on any atom is -0.444 e. The summed E-state index contributed by atoms with van der Waals surface area (Å²) in [7, 11) is 0. The van der Waals surface area contributed by atoms with Crippen molar-refractivity contribution in [3.63, 3.8) is 0 Å². The Kier molecular flexibility index (Phi) is 8.65. The SMILES string of the molecule is Cc1nc(NC(=O)c2ccccc2NCCCCCNC(=O)OC(C)(C)C)sc1C. The van der Waals surface area contributed by atoms with Crippen LogP contribution in [-0.4, -0.2) is 35.7 Å². The molecular weight excluding hydrogens is 400 g/mol. The second kappa shape index (κ2) is 11.0. The van der Waals surface area contributed by atoms with Gasteiger partial charge in [-0.2, -0.15) is 0 Å². The molecule has 164 valence electrons. The van der Waals surface area contributed by atoms with Gasteiger partial charge in [-0.05, 0) is 66.0 Å². The maximum atomic E-state index is 12.7. The van der Waals surface area contributed by atoms with Crippen LogP contribution in [0.15, 0.2) is 24.3 Å². The van der Waals surface area contributed by atoms with Crippen molar-refractivity contribution in [2.24, 2.45) is 0 Å². The van der Waals surface area contributed by atoms with Gasteiger partial charge in [0.2, 0.25) is 0 Å². The first kappa shape index (κ1) is 23.7. The van der Waals surface area contributed by atoms with E-state index in [4.69, 9.17) is 4.74 Å². The minimum atomic E-state index is -0.481. The average Bonchev–Trinajstić information content (AvgIpc) is 2.96. The van der Waals surface area contributed by atoms with Gasteiger partial charge in [-0.25, -0.2) is 9.78 Å². The Morgan fingerprint density at radius 3 is 2.43 bits per heavy atom. The third-order valence-corrected chi connectivity index (χ3v) is 5.25. The largest absolute Gasteiger partial charge is 0.444 e. The highest BCUT2D eigenvalue weighted by Crippen LogP contribution is 2.23. The van der Waals surface area contributed by atoms with Crippen molar-refractivity contribution in [1.82, 2.24) is 10.3 Å². The summed E-state index contributed by atoms with van der Waals surface area (Å²) in [5, 5.41) is 9.59. The van der Waals surface area contributed by atoms with Crippen LogP contribution in [0.4, 0.5) is 15.6 Å². The van der Waals surface area contributed by atoms with Crippen molar-refractivity contribution in [1.29, 1.82) is 0 Å². The number of benzene rings is 1. The van der Waals surface area contributed by atoms with E-state index in [0.29, 0.717) is 17.2 Å². The van der Waals surface area contributed by atoms with Crippen LogP contribution in [0.3, 0.4) is 0 Å². The number of rotatable bonds is 9. The number of ether oxygens (including phenoxy) is 1. The monoisotopic (exact) mass is 432 g/mol. The normalized spacial score (nSPS) is 11.1. The molecule has 2 rings (SSSR count). The Morgan fingerprint density at radius 2 is 1.77 bits per heavy atom. The fourth-order valence-corrected chi connectivity index (χ4v) is 3.49. The first-order valence-corrected chi connectivity index (χ1v) is 11.0. The van der Waals surface area contributed by atoms with E-state index in [1.165, 1.54) is 11.3 Å². The van der Waals surface area contributed by atoms with Crippen molar-refractivity contribution < 1.29 is 14.3 Å². The van der Waals surface area contributed by atoms with E-state index >= 15 is 0 Å². The second-order valence-corrected chi connectivity index (χ2v) is 9.28. The number of thiazole rings is 1. The number of aromatic nitrogens is 1. The highest BCUT2D eigenvalue weighted by Gasteiger charge is 2.15. The Labute approximate surface area is 182 Å². The van der Waals surface area contributed by atoms with Gasteiger partial charge in [0.15, 0.2) is 5.13 Å². The van der Waals surface area contributed by atoms with E-state index in [-0.39, 0.29) is 12.0 Å². The van der Waals surface area contributed by atoms with Crippen LogP contribution in [0.5, 0.6) is 0 Å². The number of hydrogen-bond donors (Lipinski definition) is 3. The molecule has 0 fully saturated rings. The Balaban J connectivity index is 1.73. The van der Waals surface area contributed by atoms with E-state index in [9.17, 15) is 9.59 Å². The van der Waals surface area contributed by atoms with Gasteiger partial charge in [-0.1, -0.05) is 12.1 Å². The number of carbonyl (C=O) groups excluding carboxylic acids is 2. The second-order valence-electron chi connectivity index (χ2n) is 8.08. The van der Waals surface area contributed by atoms with Gasteiger partial charge in [0.05, 0.1) is 11.3 Å².